The van der Waals surface area contributed by atoms with E-state index in [1.807, 2.05) is 0 Å². The van der Waals surface area contributed by atoms with Gasteiger partial charge in [-0.3, -0.25) is 4.79 Å². The van der Waals surface area contributed by atoms with Crippen molar-refractivity contribution in [3.63, 3.8) is 0 Å². The molecule has 19 heavy (non-hydrogen) atoms. The van der Waals surface area contributed by atoms with E-state index >= 15 is 0 Å². The third-order valence-corrected chi connectivity index (χ3v) is 2.75. The van der Waals surface area contributed by atoms with Gasteiger partial charge in [0.15, 0.2) is 0 Å². The van der Waals surface area contributed by atoms with Crippen molar-refractivity contribution in [2.24, 2.45) is 0 Å². The lowest BCUT2D eigenvalue weighted by Gasteiger charge is -2.10. The molecule has 102 valence electrons. The summed E-state index contributed by atoms with van der Waals surface area (Å²) in [5.41, 5.74) is 6.20. The van der Waals surface area contributed by atoms with E-state index in [1.54, 1.807) is 0 Å². The highest BCUT2D eigenvalue weighted by Crippen LogP contribution is 2.21. The number of methoxy groups -OCH3 is 1. The Balaban J connectivity index is 1.99. The third-order valence-electron chi connectivity index (χ3n) is 2.75. The van der Waals surface area contributed by atoms with Crippen molar-refractivity contribution in [2.45, 2.75) is 18.9 Å². The molecule has 0 atom stereocenters. The van der Waals surface area contributed by atoms with Crippen LogP contribution in [0.2, 0.25) is 0 Å². The molecule has 0 saturated heterocycles. The normalized spacial score (nSPS) is 13.7. The molecule has 1 aromatic heterocycles. The van der Waals surface area contributed by atoms with Crippen LogP contribution < -0.4 is 16.4 Å². The molecule has 0 radical (unpaired) electrons. The topological polar surface area (TPSA) is 106 Å². The summed E-state index contributed by atoms with van der Waals surface area (Å²) in [6, 6.07) is 1.78. The lowest BCUT2D eigenvalue weighted by molar-refractivity contribution is -0.119. The Labute approximate surface area is 110 Å². The maximum Gasteiger partial charge on any atom is 0.340 e. The van der Waals surface area contributed by atoms with E-state index in [2.05, 4.69) is 20.4 Å². The predicted molar refractivity (Wildman–Crippen MR) is 69.6 cm³/mol. The SMILES string of the molecule is COC(=O)c1ccnc(NCC(=O)NC2CC2)c1N. The van der Waals surface area contributed by atoms with E-state index in [0.717, 1.165) is 12.8 Å². The number of hydrogen-bond acceptors (Lipinski definition) is 6. The molecule has 1 fully saturated rings. The minimum absolute atomic E-state index is 0.0678. The number of pyridine rings is 1. The van der Waals surface area contributed by atoms with Gasteiger partial charge in [0.05, 0.1) is 24.9 Å². The van der Waals surface area contributed by atoms with Crippen molar-refractivity contribution >= 4 is 23.4 Å². The molecule has 0 spiro atoms. The highest BCUT2D eigenvalue weighted by Gasteiger charge is 2.23. The van der Waals surface area contributed by atoms with E-state index in [-0.39, 0.29) is 23.7 Å². The summed E-state index contributed by atoms with van der Waals surface area (Å²) >= 11 is 0. The molecule has 1 heterocycles. The van der Waals surface area contributed by atoms with Gasteiger partial charge in [0.1, 0.15) is 5.82 Å². The number of nitrogen functional groups attached to an aromatic ring is 1. The van der Waals surface area contributed by atoms with Gasteiger partial charge in [0, 0.05) is 12.2 Å². The Kier molecular flexibility index (Phi) is 3.84. The average molecular weight is 264 g/mol. The molecule has 1 aromatic rings. The number of carbonyl (C=O) groups excluding carboxylic acids is 2. The van der Waals surface area contributed by atoms with Crippen molar-refractivity contribution < 1.29 is 14.3 Å². The van der Waals surface area contributed by atoms with Crippen molar-refractivity contribution in [3.8, 4) is 0 Å². The van der Waals surface area contributed by atoms with E-state index < -0.39 is 5.97 Å². The van der Waals surface area contributed by atoms with E-state index in [9.17, 15) is 9.59 Å². The molecular formula is C12H16N4O3. The minimum Gasteiger partial charge on any atom is -0.465 e. The van der Waals surface area contributed by atoms with Gasteiger partial charge in [-0.05, 0) is 18.9 Å². The number of anilines is 2. The second-order valence-electron chi connectivity index (χ2n) is 4.31. The quantitative estimate of drug-likeness (QED) is 0.653. The zero-order valence-electron chi connectivity index (χ0n) is 10.6. The lowest BCUT2D eigenvalue weighted by Crippen LogP contribution is -2.31. The number of nitrogens with two attached hydrogens (primary N) is 1. The number of carbonyl (C=O) groups is 2. The Hall–Kier alpha value is -2.31. The number of ether oxygens (including phenoxy) is 1. The van der Waals surface area contributed by atoms with Gasteiger partial charge >= 0.3 is 5.97 Å². The molecule has 0 bridgehead atoms. The Morgan fingerprint density at radius 1 is 1.53 bits per heavy atom. The standard InChI is InChI=1S/C12H16N4O3/c1-19-12(18)8-4-5-14-11(10(8)13)15-6-9(17)16-7-2-3-7/h4-5,7H,2-3,6,13H2,1H3,(H,14,15)(H,16,17). The van der Waals surface area contributed by atoms with Gasteiger partial charge in [-0.1, -0.05) is 0 Å². The van der Waals surface area contributed by atoms with E-state index in [1.165, 1.54) is 19.4 Å². The van der Waals surface area contributed by atoms with E-state index in [0.29, 0.717) is 11.9 Å². The number of esters is 1. The number of hydrogen-bond donors (Lipinski definition) is 3. The molecule has 0 aliphatic heterocycles. The maximum absolute atomic E-state index is 11.5. The van der Waals surface area contributed by atoms with Crippen LogP contribution in [0.1, 0.15) is 23.2 Å². The second-order valence-corrected chi connectivity index (χ2v) is 4.31. The first kappa shape index (κ1) is 13.1. The molecule has 1 saturated carbocycles. The monoisotopic (exact) mass is 264 g/mol. The van der Waals surface area contributed by atoms with Crippen LogP contribution in [0.25, 0.3) is 0 Å². The predicted octanol–water partition coefficient (Wildman–Crippen LogP) is 0.141. The first-order valence-electron chi connectivity index (χ1n) is 5.98. The van der Waals surface area contributed by atoms with Crippen LogP contribution in [0.15, 0.2) is 12.3 Å². The zero-order valence-corrected chi connectivity index (χ0v) is 10.6. The largest absolute Gasteiger partial charge is 0.465 e. The molecular weight excluding hydrogens is 248 g/mol. The van der Waals surface area contributed by atoms with Gasteiger partial charge in [-0.15, -0.1) is 0 Å². The van der Waals surface area contributed by atoms with Crippen LogP contribution in [0.4, 0.5) is 11.5 Å². The number of amides is 1. The Morgan fingerprint density at radius 3 is 2.89 bits per heavy atom. The van der Waals surface area contributed by atoms with Crippen molar-refractivity contribution in [2.75, 3.05) is 24.7 Å². The van der Waals surface area contributed by atoms with Gasteiger partial charge in [-0.2, -0.15) is 0 Å². The van der Waals surface area contributed by atoms with Gasteiger partial charge in [0.25, 0.3) is 0 Å². The van der Waals surface area contributed by atoms with Gasteiger partial charge in [-0.25, -0.2) is 9.78 Å². The van der Waals surface area contributed by atoms with Crippen LogP contribution in [0, 0.1) is 0 Å². The van der Waals surface area contributed by atoms with Crippen LogP contribution in [-0.2, 0) is 9.53 Å². The van der Waals surface area contributed by atoms with Crippen molar-refractivity contribution in [1.82, 2.24) is 10.3 Å². The number of aromatic nitrogens is 1. The maximum atomic E-state index is 11.5. The van der Waals surface area contributed by atoms with Crippen LogP contribution in [0.5, 0.6) is 0 Å². The Bertz CT molecular complexity index is 500. The molecule has 7 heteroatoms. The van der Waals surface area contributed by atoms with Crippen LogP contribution in [0.3, 0.4) is 0 Å². The summed E-state index contributed by atoms with van der Waals surface area (Å²) in [6.45, 7) is 0.0678. The number of rotatable bonds is 5. The summed E-state index contributed by atoms with van der Waals surface area (Å²) in [5.74, 6) is -0.355. The summed E-state index contributed by atoms with van der Waals surface area (Å²) in [6.07, 6.45) is 3.50. The summed E-state index contributed by atoms with van der Waals surface area (Å²) in [7, 11) is 1.28. The molecule has 1 aliphatic rings. The average Bonchev–Trinajstić information content (AvgIpc) is 3.20. The fourth-order valence-electron chi connectivity index (χ4n) is 1.57. The molecule has 7 nitrogen and oxygen atoms in total. The molecule has 4 N–H and O–H groups in total. The summed E-state index contributed by atoms with van der Waals surface area (Å²) in [5, 5.41) is 5.64. The van der Waals surface area contributed by atoms with Gasteiger partial charge < -0.3 is 21.1 Å². The first-order chi connectivity index (χ1) is 9.11. The second kappa shape index (κ2) is 5.55. The van der Waals surface area contributed by atoms with Crippen molar-refractivity contribution in [1.29, 1.82) is 0 Å². The van der Waals surface area contributed by atoms with Crippen molar-refractivity contribution in [3.05, 3.63) is 17.8 Å². The van der Waals surface area contributed by atoms with Crippen LogP contribution >= 0.6 is 0 Å². The smallest absolute Gasteiger partial charge is 0.340 e. The zero-order chi connectivity index (χ0) is 13.8. The fourth-order valence-corrected chi connectivity index (χ4v) is 1.57. The third kappa shape index (κ3) is 3.34. The van der Waals surface area contributed by atoms with Crippen LogP contribution in [-0.4, -0.2) is 36.6 Å². The molecule has 0 aromatic carbocycles. The number of nitrogens with one attached hydrogen (secondary N) is 2. The molecule has 1 aliphatic carbocycles. The molecule has 2 rings (SSSR count). The fraction of sp³-hybridized carbons (Fsp3) is 0.417. The van der Waals surface area contributed by atoms with Gasteiger partial charge in [0.2, 0.25) is 5.91 Å². The van der Waals surface area contributed by atoms with E-state index in [4.69, 9.17) is 5.73 Å². The minimum atomic E-state index is -0.537. The number of nitrogens with zero attached hydrogens (tertiary/aromatic N) is 1. The molecule has 1 amide bonds. The highest BCUT2D eigenvalue weighted by molar-refractivity contribution is 5.97. The summed E-state index contributed by atoms with van der Waals surface area (Å²) in [4.78, 5) is 27.0. The first-order valence-corrected chi connectivity index (χ1v) is 5.98. The summed E-state index contributed by atoms with van der Waals surface area (Å²) < 4.78 is 4.60. The Morgan fingerprint density at radius 2 is 2.26 bits per heavy atom. The highest BCUT2D eigenvalue weighted by atomic mass is 16.5. The lowest BCUT2D eigenvalue weighted by atomic mass is 10.2. The molecule has 0 unspecified atom stereocenters.